The van der Waals surface area contributed by atoms with E-state index in [1.165, 1.54) is 0 Å². The van der Waals surface area contributed by atoms with Crippen LogP contribution in [0.4, 0.5) is 0 Å². The highest BCUT2D eigenvalue weighted by Crippen LogP contribution is 2.22. The Balaban J connectivity index is 1.46. The molecule has 0 radical (unpaired) electrons. The third-order valence-corrected chi connectivity index (χ3v) is 5.23. The van der Waals surface area contributed by atoms with Gasteiger partial charge in [-0.2, -0.15) is 0 Å². The van der Waals surface area contributed by atoms with Gasteiger partial charge in [0, 0.05) is 24.7 Å². The highest BCUT2D eigenvalue weighted by atomic mass is 32.2. The molecule has 120 valence electrons. The van der Waals surface area contributed by atoms with Crippen LogP contribution in [0.2, 0.25) is 0 Å². The van der Waals surface area contributed by atoms with E-state index in [9.17, 15) is 4.79 Å². The number of hydrogen-bond acceptors (Lipinski definition) is 6. The summed E-state index contributed by atoms with van der Waals surface area (Å²) < 4.78 is 2.85. The predicted octanol–water partition coefficient (Wildman–Crippen LogP) is 2.71. The summed E-state index contributed by atoms with van der Waals surface area (Å²) in [4.78, 5) is 16.5. The van der Waals surface area contributed by atoms with Crippen molar-refractivity contribution in [2.45, 2.75) is 24.6 Å². The second-order valence-corrected chi connectivity index (χ2v) is 7.67. The van der Waals surface area contributed by atoms with Crippen molar-refractivity contribution in [3.63, 3.8) is 0 Å². The monoisotopic (exact) mass is 347 g/mol. The normalized spacial score (nSPS) is 11.0. The molecule has 0 aromatic carbocycles. The van der Waals surface area contributed by atoms with Crippen LogP contribution < -0.4 is 5.32 Å². The Morgan fingerprint density at radius 3 is 2.96 bits per heavy atom. The minimum atomic E-state index is -0.136. The van der Waals surface area contributed by atoms with Gasteiger partial charge in [-0.05, 0) is 31.9 Å². The molecule has 0 spiro atoms. The van der Waals surface area contributed by atoms with E-state index in [-0.39, 0.29) is 5.91 Å². The Hall–Kier alpha value is -1.93. The smallest absolute Gasteiger partial charge is 0.271 e. The van der Waals surface area contributed by atoms with Crippen LogP contribution in [0.5, 0.6) is 0 Å². The van der Waals surface area contributed by atoms with Crippen LogP contribution in [-0.2, 0) is 0 Å². The van der Waals surface area contributed by atoms with Gasteiger partial charge in [0.1, 0.15) is 16.3 Å². The molecule has 0 bridgehead atoms. The van der Waals surface area contributed by atoms with Crippen LogP contribution in [0.3, 0.4) is 0 Å². The number of amides is 1. The van der Waals surface area contributed by atoms with Gasteiger partial charge in [0.15, 0.2) is 4.34 Å². The van der Waals surface area contributed by atoms with Gasteiger partial charge in [-0.15, -0.1) is 10.2 Å². The zero-order valence-corrected chi connectivity index (χ0v) is 14.6. The molecule has 0 saturated heterocycles. The maximum Gasteiger partial charge on any atom is 0.271 e. The minimum Gasteiger partial charge on any atom is -0.351 e. The van der Waals surface area contributed by atoms with Crippen LogP contribution in [0.25, 0.3) is 5.65 Å². The molecule has 0 aliphatic heterocycles. The quantitative estimate of drug-likeness (QED) is 0.548. The number of aromatic nitrogens is 4. The van der Waals surface area contributed by atoms with Crippen molar-refractivity contribution in [2.75, 3.05) is 12.3 Å². The van der Waals surface area contributed by atoms with Gasteiger partial charge >= 0.3 is 0 Å². The van der Waals surface area contributed by atoms with E-state index in [1.54, 1.807) is 29.3 Å². The topological polar surface area (TPSA) is 72.2 Å². The molecule has 0 aliphatic rings. The van der Waals surface area contributed by atoms with Crippen molar-refractivity contribution in [1.82, 2.24) is 24.9 Å². The van der Waals surface area contributed by atoms with Gasteiger partial charge in [0.2, 0.25) is 0 Å². The van der Waals surface area contributed by atoms with E-state index in [0.29, 0.717) is 12.2 Å². The average molecular weight is 347 g/mol. The number of rotatable bonds is 6. The van der Waals surface area contributed by atoms with Crippen LogP contribution in [-0.4, -0.2) is 37.8 Å². The predicted molar refractivity (Wildman–Crippen MR) is 92.2 cm³/mol. The number of imidazole rings is 1. The van der Waals surface area contributed by atoms with Gasteiger partial charge in [0.25, 0.3) is 5.91 Å². The maximum atomic E-state index is 12.1. The SMILES string of the molecule is Cc1ccc2nc(C(=O)NCCCSc3nnc(C)s3)cn2c1. The molecule has 3 aromatic heterocycles. The van der Waals surface area contributed by atoms with Crippen molar-refractivity contribution in [3.8, 4) is 0 Å². The fourth-order valence-electron chi connectivity index (χ4n) is 2.07. The first-order valence-electron chi connectivity index (χ1n) is 7.28. The zero-order chi connectivity index (χ0) is 16.2. The maximum absolute atomic E-state index is 12.1. The lowest BCUT2D eigenvalue weighted by Crippen LogP contribution is -2.25. The molecular formula is C15H17N5OS2. The summed E-state index contributed by atoms with van der Waals surface area (Å²) in [7, 11) is 0. The van der Waals surface area contributed by atoms with Crippen LogP contribution >= 0.6 is 23.1 Å². The second-order valence-electron chi connectivity index (χ2n) is 5.14. The summed E-state index contributed by atoms with van der Waals surface area (Å²) in [6, 6.07) is 3.89. The fourth-order valence-corrected chi connectivity index (χ4v) is 3.90. The number of thioether (sulfide) groups is 1. The Labute approximate surface area is 142 Å². The minimum absolute atomic E-state index is 0.136. The number of pyridine rings is 1. The second kappa shape index (κ2) is 7.10. The molecular weight excluding hydrogens is 330 g/mol. The van der Waals surface area contributed by atoms with E-state index < -0.39 is 0 Å². The molecule has 0 fully saturated rings. The van der Waals surface area contributed by atoms with E-state index in [4.69, 9.17) is 0 Å². The van der Waals surface area contributed by atoms with E-state index in [2.05, 4.69) is 20.5 Å². The first-order valence-corrected chi connectivity index (χ1v) is 9.08. The van der Waals surface area contributed by atoms with Gasteiger partial charge in [-0.1, -0.05) is 29.2 Å². The first-order chi connectivity index (χ1) is 11.1. The molecule has 6 nitrogen and oxygen atoms in total. The van der Waals surface area contributed by atoms with Crippen molar-refractivity contribution < 1.29 is 4.79 Å². The van der Waals surface area contributed by atoms with Gasteiger partial charge in [0.05, 0.1) is 0 Å². The highest BCUT2D eigenvalue weighted by Gasteiger charge is 2.10. The fraction of sp³-hybridized carbons (Fsp3) is 0.333. The molecule has 8 heteroatoms. The average Bonchev–Trinajstić information content (AvgIpc) is 3.12. The molecule has 0 saturated carbocycles. The number of aryl methyl sites for hydroxylation is 2. The third-order valence-electron chi connectivity index (χ3n) is 3.17. The van der Waals surface area contributed by atoms with Crippen molar-refractivity contribution in [3.05, 3.63) is 40.8 Å². The Morgan fingerprint density at radius 2 is 2.17 bits per heavy atom. The molecule has 1 N–H and O–H groups in total. The number of carbonyl (C=O) groups excluding carboxylic acids is 1. The standard InChI is InChI=1S/C15H17N5OS2/c1-10-4-5-13-17-12(9-20(13)8-10)14(21)16-6-3-7-22-15-19-18-11(2)23-15/h4-5,8-9H,3,6-7H2,1-2H3,(H,16,21). The number of hydrogen-bond donors (Lipinski definition) is 1. The lowest BCUT2D eigenvalue weighted by atomic mass is 10.3. The van der Waals surface area contributed by atoms with Gasteiger partial charge < -0.3 is 9.72 Å². The van der Waals surface area contributed by atoms with Crippen LogP contribution in [0.15, 0.2) is 28.9 Å². The third kappa shape index (κ3) is 4.08. The molecule has 3 aromatic rings. The van der Waals surface area contributed by atoms with Crippen molar-refractivity contribution in [1.29, 1.82) is 0 Å². The van der Waals surface area contributed by atoms with E-state index >= 15 is 0 Å². The molecule has 0 unspecified atom stereocenters. The molecule has 3 rings (SSSR count). The number of nitrogens with one attached hydrogen (secondary N) is 1. The summed E-state index contributed by atoms with van der Waals surface area (Å²) in [5.74, 6) is 0.766. The Bertz CT molecular complexity index is 826. The number of fused-ring (bicyclic) bond motifs is 1. The summed E-state index contributed by atoms with van der Waals surface area (Å²) in [5.41, 5.74) is 2.36. The largest absolute Gasteiger partial charge is 0.351 e. The van der Waals surface area contributed by atoms with Crippen molar-refractivity contribution >= 4 is 34.7 Å². The lowest BCUT2D eigenvalue weighted by molar-refractivity contribution is 0.0949. The molecule has 0 atom stereocenters. The van der Waals surface area contributed by atoms with E-state index in [1.807, 2.05) is 36.6 Å². The molecule has 23 heavy (non-hydrogen) atoms. The summed E-state index contributed by atoms with van der Waals surface area (Å²) in [5, 5.41) is 11.9. The molecule has 0 aliphatic carbocycles. The van der Waals surface area contributed by atoms with Crippen LogP contribution in [0.1, 0.15) is 27.5 Å². The lowest BCUT2D eigenvalue weighted by Gasteiger charge is -2.01. The summed E-state index contributed by atoms with van der Waals surface area (Å²) in [6.45, 7) is 4.57. The Kier molecular flexibility index (Phi) is 4.92. The van der Waals surface area contributed by atoms with Gasteiger partial charge in [-0.25, -0.2) is 4.98 Å². The number of nitrogens with zero attached hydrogens (tertiary/aromatic N) is 4. The first kappa shape index (κ1) is 15.9. The van der Waals surface area contributed by atoms with Crippen LogP contribution in [0, 0.1) is 13.8 Å². The molecule has 3 heterocycles. The zero-order valence-electron chi connectivity index (χ0n) is 12.9. The van der Waals surface area contributed by atoms with Gasteiger partial charge in [-0.3, -0.25) is 4.79 Å². The molecule has 1 amide bonds. The van der Waals surface area contributed by atoms with E-state index in [0.717, 1.165) is 32.7 Å². The summed E-state index contributed by atoms with van der Waals surface area (Å²) in [6.07, 6.45) is 4.59. The highest BCUT2D eigenvalue weighted by molar-refractivity contribution is 8.01. The van der Waals surface area contributed by atoms with Crippen molar-refractivity contribution in [2.24, 2.45) is 0 Å². The number of carbonyl (C=O) groups is 1. The summed E-state index contributed by atoms with van der Waals surface area (Å²) >= 11 is 3.26. The Morgan fingerprint density at radius 1 is 1.30 bits per heavy atom.